The number of primary amides is 1. The molecular formula is C49H95N21O12. The number of carbonyl (C=O) groups is 10. The van der Waals surface area contributed by atoms with E-state index >= 15 is 0 Å². The summed E-state index contributed by atoms with van der Waals surface area (Å²) < 4.78 is 0. The van der Waals surface area contributed by atoms with Crippen LogP contribution in [0, 0.1) is 5.92 Å². The zero-order chi connectivity index (χ0) is 62.6. The van der Waals surface area contributed by atoms with Crippen LogP contribution in [0.1, 0.15) is 125 Å². The van der Waals surface area contributed by atoms with Crippen molar-refractivity contribution in [3.63, 3.8) is 0 Å². The van der Waals surface area contributed by atoms with Gasteiger partial charge in [0.1, 0.15) is 54.4 Å². The maximum absolute atomic E-state index is 14.5. The topological polar surface area (TPSA) is 591 Å². The maximum Gasteiger partial charge on any atom is 0.245 e. The molecular weight excluding hydrogens is 1070 g/mol. The second-order valence-corrected chi connectivity index (χ2v) is 19.9. The molecule has 0 aliphatic heterocycles. The Morgan fingerprint density at radius 2 is 0.695 bits per heavy atom. The monoisotopic (exact) mass is 1170 g/mol. The zero-order valence-electron chi connectivity index (χ0n) is 48.2. The summed E-state index contributed by atoms with van der Waals surface area (Å²) in [6, 6.07) is -12.4. The summed E-state index contributed by atoms with van der Waals surface area (Å²) in [5.74, 6) is -9.83. The van der Waals surface area contributed by atoms with E-state index in [1.807, 2.05) is 0 Å². The number of hydrogen-bond donors (Lipinski definition) is 20. The average molecular weight is 1170 g/mol. The van der Waals surface area contributed by atoms with Gasteiger partial charge in [-0.3, -0.25) is 62.9 Å². The summed E-state index contributed by atoms with van der Waals surface area (Å²) in [7, 11) is 0. The Kier molecular flexibility index (Phi) is 36.7. The first kappa shape index (κ1) is 74.3. The van der Waals surface area contributed by atoms with E-state index in [0.717, 1.165) is 6.92 Å². The van der Waals surface area contributed by atoms with Gasteiger partial charge in [-0.05, 0) is 117 Å². The molecule has 29 N–H and O–H groups in total. The highest BCUT2D eigenvalue weighted by Crippen LogP contribution is 2.13. The Bertz CT molecular complexity index is 2150. The molecule has 0 radical (unpaired) electrons. The highest BCUT2D eigenvalue weighted by molar-refractivity contribution is 5.98. The molecule has 0 heterocycles. The largest absolute Gasteiger partial charge is 0.391 e. The highest BCUT2D eigenvalue weighted by atomic mass is 16.3. The summed E-state index contributed by atoms with van der Waals surface area (Å²) in [4.78, 5) is 147. The third kappa shape index (κ3) is 30.8. The van der Waals surface area contributed by atoms with Crippen molar-refractivity contribution in [1.82, 2.24) is 47.9 Å². The zero-order valence-corrected chi connectivity index (χ0v) is 48.2. The Hall–Kier alpha value is -7.65. The van der Waals surface area contributed by atoms with Crippen LogP contribution in [0.4, 0.5) is 0 Å². The lowest BCUT2D eigenvalue weighted by atomic mass is 9.96. The molecule has 0 aromatic carbocycles. The molecule has 0 unspecified atom stereocenters. The molecule has 0 fully saturated rings. The van der Waals surface area contributed by atoms with E-state index in [2.05, 4.69) is 62.8 Å². The molecule has 82 heavy (non-hydrogen) atoms. The molecule has 0 aliphatic rings. The summed E-state index contributed by atoms with van der Waals surface area (Å²) >= 11 is 0. The lowest BCUT2D eigenvalue weighted by Gasteiger charge is -2.30. The van der Waals surface area contributed by atoms with Gasteiger partial charge in [0.25, 0.3) is 0 Å². The average Bonchev–Trinajstić information content (AvgIpc) is 3.42. The molecule has 0 aromatic rings. The van der Waals surface area contributed by atoms with E-state index in [4.69, 9.17) is 51.6 Å². The maximum atomic E-state index is 14.5. The summed E-state index contributed by atoms with van der Waals surface area (Å²) in [6.45, 7) is 8.87. The van der Waals surface area contributed by atoms with Crippen LogP contribution in [-0.4, -0.2) is 186 Å². The van der Waals surface area contributed by atoms with Crippen molar-refractivity contribution in [3.05, 3.63) is 0 Å². The molecule has 0 saturated carbocycles. The van der Waals surface area contributed by atoms with Crippen molar-refractivity contribution < 1.29 is 58.2 Å². The standard InChI is InChI=1S/C49H95N21O12/c1-7-25(2)35(69-43(79)33(18-13-23-60-48(55)56)64-39(75)26(3)62-46(82)37(28(5)72)63-29(6)73)45(81)68-32(17-12-22-59-47(53)54)42(78)66-30(15-8-10-20-50)40(76)65-31(16-9-11-21-51)41(77)67-34(19-14-24-61-49(57)58)44(80)70-36(27(4)71)38(52)74/h25-28,30-37,71-72H,7-24,50-51H2,1-6H3,(H2,52,74)(H,62,82)(H,63,73)(H,64,75)(H,65,76)(H,66,78)(H,67,77)(H,68,81)(H,69,79)(H,70,80)(H4,53,54,59)(H4,55,56,60)(H4,57,58,61)/t25-,26-,27+,28+,30-,31-,32-,33-,34-,35-,36-,37-/m0/s1. The highest BCUT2D eigenvalue weighted by Gasteiger charge is 2.36. The Morgan fingerprint density at radius 3 is 1.00 bits per heavy atom. The summed E-state index contributed by atoms with van der Waals surface area (Å²) in [5, 5.41) is 43.2. The van der Waals surface area contributed by atoms with Crippen LogP contribution in [0.3, 0.4) is 0 Å². The van der Waals surface area contributed by atoms with Crippen LogP contribution in [-0.2, 0) is 47.9 Å². The van der Waals surface area contributed by atoms with Crippen molar-refractivity contribution in [3.8, 4) is 0 Å². The lowest BCUT2D eigenvalue weighted by molar-refractivity contribution is -0.137. The number of unbranched alkanes of at least 4 members (excludes halogenated alkanes) is 2. The SMILES string of the molecule is CC[C@H](C)[C@H](NC(=O)[C@H](CCCN=C(N)N)NC(=O)[C@H](C)NC(=O)[C@@H](NC(C)=O)[C@@H](C)O)C(=O)N[C@@H](CCCN=C(N)N)C(=O)N[C@@H](CCCCN)C(=O)N[C@@H](CCCCN)C(=O)N[C@@H](CCCN=C(N)N)C(=O)N[C@H](C(N)=O)[C@@H](C)O. The molecule has 12 atom stereocenters. The van der Waals surface area contributed by atoms with Gasteiger partial charge in [-0.1, -0.05) is 20.3 Å². The Labute approximate surface area is 478 Å². The van der Waals surface area contributed by atoms with Crippen LogP contribution >= 0.6 is 0 Å². The lowest BCUT2D eigenvalue weighted by Crippen LogP contribution is -2.61. The van der Waals surface area contributed by atoms with Crippen molar-refractivity contribution in [2.75, 3.05) is 32.7 Å². The Balaban J connectivity index is 7.11. The predicted octanol–water partition coefficient (Wildman–Crippen LogP) is -7.90. The van der Waals surface area contributed by atoms with Crippen LogP contribution in [0.2, 0.25) is 0 Å². The summed E-state index contributed by atoms with van der Waals surface area (Å²) in [5.41, 5.74) is 49.9. The van der Waals surface area contributed by atoms with Gasteiger partial charge >= 0.3 is 0 Å². The first-order valence-electron chi connectivity index (χ1n) is 27.4. The fraction of sp³-hybridized carbons (Fsp3) is 0.735. The number of amides is 10. The van der Waals surface area contributed by atoms with Crippen LogP contribution in [0.5, 0.6) is 0 Å². The molecule has 468 valence electrons. The van der Waals surface area contributed by atoms with Crippen molar-refractivity contribution in [1.29, 1.82) is 0 Å². The molecule has 10 amide bonds. The Morgan fingerprint density at radius 1 is 0.390 bits per heavy atom. The van der Waals surface area contributed by atoms with E-state index in [9.17, 15) is 58.2 Å². The number of carbonyl (C=O) groups excluding carboxylic acids is 10. The second kappa shape index (κ2) is 40.5. The smallest absolute Gasteiger partial charge is 0.245 e. The minimum Gasteiger partial charge on any atom is -0.391 e. The molecule has 0 aliphatic carbocycles. The van der Waals surface area contributed by atoms with Crippen molar-refractivity contribution >= 4 is 77.0 Å². The first-order valence-corrected chi connectivity index (χ1v) is 27.4. The number of aliphatic hydroxyl groups excluding tert-OH is 2. The molecule has 0 saturated heterocycles. The number of aliphatic hydroxyl groups is 2. The fourth-order valence-electron chi connectivity index (χ4n) is 7.85. The number of aliphatic imine (C=N–C) groups is 3. The van der Waals surface area contributed by atoms with Crippen LogP contribution in [0.15, 0.2) is 15.0 Å². The third-order valence-electron chi connectivity index (χ3n) is 12.7. The molecule has 0 spiro atoms. The molecule has 0 aromatic heterocycles. The van der Waals surface area contributed by atoms with Gasteiger partial charge in [0.05, 0.1) is 12.2 Å². The van der Waals surface area contributed by atoms with Gasteiger partial charge in [-0.25, -0.2) is 0 Å². The summed E-state index contributed by atoms with van der Waals surface area (Å²) in [6.07, 6.45) is -0.839. The predicted molar refractivity (Wildman–Crippen MR) is 306 cm³/mol. The minimum atomic E-state index is -1.53. The van der Waals surface area contributed by atoms with Gasteiger partial charge in [-0.2, -0.15) is 0 Å². The van der Waals surface area contributed by atoms with Crippen LogP contribution in [0.25, 0.3) is 0 Å². The van der Waals surface area contributed by atoms with Crippen molar-refractivity contribution in [2.24, 2.45) is 72.5 Å². The van der Waals surface area contributed by atoms with E-state index in [-0.39, 0.29) is 102 Å². The van der Waals surface area contributed by atoms with Crippen molar-refractivity contribution in [2.45, 2.75) is 192 Å². The number of nitrogens with two attached hydrogens (primary N) is 9. The van der Waals surface area contributed by atoms with E-state index in [0.29, 0.717) is 32.1 Å². The number of hydrogen-bond acceptors (Lipinski definition) is 17. The first-order chi connectivity index (χ1) is 38.5. The molecule has 0 rings (SSSR count). The number of rotatable bonds is 42. The van der Waals surface area contributed by atoms with Gasteiger partial charge in [0.2, 0.25) is 59.1 Å². The van der Waals surface area contributed by atoms with Gasteiger partial charge in [-0.15, -0.1) is 0 Å². The van der Waals surface area contributed by atoms with E-state index in [1.165, 1.54) is 20.8 Å². The quantitative estimate of drug-likeness (QED) is 0.0153. The molecule has 33 nitrogen and oxygen atoms in total. The minimum absolute atomic E-state index is 0.00504. The number of guanidine groups is 3. The number of nitrogens with one attached hydrogen (secondary N) is 9. The normalized spacial score (nSPS) is 15.3. The third-order valence-corrected chi connectivity index (χ3v) is 12.7. The molecule has 33 heteroatoms. The van der Waals surface area contributed by atoms with Gasteiger partial charge in [0.15, 0.2) is 17.9 Å². The van der Waals surface area contributed by atoms with Crippen LogP contribution < -0.4 is 99.5 Å². The fourth-order valence-corrected chi connectivity index (χ4v) is 7.85. The molecule has 0 bridgehead atoms. The van der Waals surface area contributed by atoms with E-state index in [1.54, 1.807) is 13.8 Å². The van der Waals surface area contributed by atoms with E-state index < -0.39 is 132 Å². The number of nitrogens with zero attached hydrogens (tertiary/aromatic N) is 3. The van der Waals surface area contributed by atoms with Gasteiger partial charge in [0, 0.05) is 26.6 Å². The second-order valence-electron chi connectivity index (χ2n) is 19.9. The van der Waals surface area contributed by atoms with Gasteiger partial charge < -0.3 is 110 Å².